The number of nitrogens with zero attached hydrogens (tertiary/aromatic N) is 2. The quantitative estimate of drug-likeness (QED) is 0.905. The molecule has 0 saturated heterocycles. The Hall–Kier alpha value is -1.68. The first-order chi connectivity index (χ1) is 11.0. The van der Waals surface area contributed by atoms with Gasteiger partial charge in [0.1, 0.15) is 0 Å². The van der Waals surface area contributed by atoms with E-state index in [1.165, 1.54) is 31.2 Å². The Labute approximate surface area is 138 Å². The van der Waals surface area contributed by atoms with Gasteiger partial charge in [0.05, 0.1) is 6.54 Å². The topological polar surface area (TPSA) is 64.9 Å². The van der Waals surface area contributed by atoms with Crippen molar-refractivity contribution in [1.82, 2.24) is 10.1 Å². The van der Waals surface area contributed by atoms with E-state index in [1.54, 1.807) is 0 Å². The summed E-state index contributed by atoms with van der Waals surface area (Å²) >= 11 is 0. The Morgan fingerprint density at radius 3 is 2.26 bits per heavy atom. The normalized spacial score (nSPS) is 22.3. The van der Waals surface area contributed by atoms with Crippen molar-refractivity contribution in [2.75, 3.05) is 0 Å². The first kappa shape index (κ1) is 16.2. The van der Waals surface area contributed by atoms with Gasteiger partial charge in [-0.1, -0.05) is 50.2 Å². The standard InChI is InChI=1S/C19H27N3O/c1-19(2,3)16-10-8-14(9-11-16)13-4-6-15(7-5-13)18-21-17(12-20)23-22-18/h4-7,14,16H,8-12,20H2,1-3H3. The number of aromatic nitrogens is 2. The van der Waals surface area contributed by atoms with Crippen molar-refractivity contribution < 1.29 is 4.52 Å². The second kappa shape index (κ2) is 6.44. The summed E-state index contributed by atoms with van der Waals surface area (Å²) in [4.78, 5) is 4.28. The highest BCUT2D eigenvalue weighted by Gasteiger charge is 2.30. The summed E-state index contributed by atoms with van der Waals surface area (Å²) in [7, 11) is 0. The van der Waals surface area contributed by atoms with Crippen LogP contribution < -0.4 is 5.73 Å². The number of hydrogen-bond acceptors (Lipinski definition) is 4. The van der Waals surface area contributed by atoms with E-state index in [2.05, 4.69) is 55.2 Å². The molecular weight excluding hydrogens is 286 g/mol. The van der Waals surface area contributed by atoms with Gasteiger partial charge in [0.15, 0.2) is 0 Å². The summed E-state index contributed by atoms with van der Waals surface area (Å²) in [6.45, 7) is 7.38. The van der Waals surface area contributed by atoms with Gasteiger partial charge < -0.3 is 10.3 Å². The fraction of sp³-hybridized carbons (Fsp3) is 0.579. The van der Waals surface area contributed by atoms with Crippen molar-refractivity contribution in [3.05, 3.63) is 35.7 Å². The van der Waals surface area contributed by atoms with Crippen molar-refractivity contribution in [3.8, 4) is 11.4 Å². The third kappa shape index (κ3) is 3.63. The molecule has 0 spiro atoms. The highest BCUT2D eigenvalue weighted by molar-refractivity contribution is 5.54. The molecule has 3 rings (SSSR count). The van der Waals surface area contributed by atoms with Crippen LogP contribution in [0.4, 0.5) is 0 Å². The summed E-state index contributed by atoms with van der Waals surface area (Å²) in [6, 6.07) is 8.62. The van der Waals surface area contributed by atoms with Crippen LogP contribution >= 0.6 is 0 Å². The molecule has 4 heteroatoms. The zero-order valence-electron chi connectivity index (χ0n) is 14.4. The predicted octanol–water partition coefficient (Wildman–Crippen LogP) is 4.52. The first-order valence-corrected chi connectivity index (χ1v) is 8.60. The summed E-state index contributed by atoms with van der Waals surface area (Å²) in [6.07, 6.45) is 5.25. The molecular formula is C19H27N3O. The molecule has 1 aromatic heterocycles. The lowest BCUT2D eigenvalue weighted by Crippen LogP contribution is -2.25. The molecule has 23 heavy (non-hydrogen) atoms. The van der Waals surface area contributed by atoms with E-state index in [0.717, 1.165) is 11.5 Å². The van der Waals surface area contributed by atoms with E-state index >= 15 is 0 Å². The van der Waals surface area contributed by atoms with Crippen LogP contribution in [-0.4, -0.2) is 10.1 Å². The molecule has 1 fully saturated rings. The average molecular weight is 313 g/mol. The van der Waals surface area contributed by atoms with Crippen molar-refractivity contribution in [2.45, 2.75) is 58.9 Å². The van der Waals surface area contributed by atoms with Crippen LogP contribution in [0.15, 0.2) is 28.8 Å². The van der Waals surface area contributed by atoms with E-state index in [1.807, 2.05) is 0 Å². The zero-order valence-corrected chi connectivity index (χ0v) is 14.4. The monoisotopic (exact) mass is 313 g/mol. The van der Waals surface area contributed by atoms with Gasteiger partial charge in [0, 0.05) is 5.56 Å². The van der Waals surface area contributed by atoms with Gasteiger partial charge in [-0.25, -0.2) is 0 Å². The Kier molecular flexibility index (Phi) is 4.53. The molecule has 0 radical (unpaired) electrons. The Morgan fingerprint density at radius 1 is 1.09 bits per heavy atom. The van der Waals surface area contributed by atoms with Crippen LogP contribution in [0.2, 0.25) is 0 Å². The molecule has 1 aliphatic carbocycles. The smallest absolute Gasteiger partial charge is 0.240 e. The first-order valence-electron chi connectivity index (χ1n) is 8.60. The SMILES string of the molecule is CC(C)(C)C1CCC(c2ccc(-c3noc(CN)n3)cc2)CC1. The molecule has 2 aromatic rings. The molecule has 0 bridgehead atoms. The lowest BCUT2D eigenvalue weighted by molar-refractivity contribution is 0.169. The minimum absolute atomic E-state index is 0.280. The number of benzene rings is 1. The van der Waals surface area contributed by atoms with Gasteiger partial charge in [-0.15, -0.1) is 0 Å². The summed E-state index contributed by atoms with van der Waals surface area (Å²) in [5.41, 5.74) is 8.37. The van der Waals surface area contributed by atoms with Gasteiger partial charge in [-0.3, -0.25) is 0 Å². The number of rotatable bonds is 3. The van der Waals surface area contributed by atoms with E-state index in [0.29, 0.717) is 23.0 Å². The van der Waals surface area contributed by atoms with Gasteiger partial charge in [0.25, 0.3) is 0 Å². The van der Waals surface area contributed by atoms with Crippen LogP contribution in [0.1, 0.15) is 63.8 Å². The van der Waals surface area contributed by atoms with Crippen molar-refractivity contribution in [1.29, 1.82) is 0 Å². The lowest BCUT2D eigenvalue weighted by Gasteiger charge is -2.37. The van der Waals surface area contributed by atoms with Crippen molar-refractivity contribution >= 4 is 0 Å². The average Bonchev–Trinajstić information content (AvgIpc) is 3.03. The van der Waals surface area contributed by atoms with Gasteiger partial charge in [-0.05, 0) is 48.5 Å². The Bertz CT molecular complexity index is 631. The highest BCUT2D eigenvalue weighted by atomic mass is 16.5. The molecule has 1 heterocycles. The second-order valence-corrected chi connectivity index (χ2v) is 7.75. The maximum absolute atomic E-state index is 5.51. The van der Waals surface area contributed by atoms with Crippen LogP contribution in [0, 0.1) is 11.3 Å². The minimum Gasteiger partial charge on any atom is -0.338 e. The van der Waals surface area contributed by atoms with E-state index in [-0.39, 0.29) is 6.54 Å². The second-order valence-electron chi connectivity index (χ2n) is 7.75. The van der Waals surface area contributed by atoms with Gasteiger partial charge in [-0.2, -0.15) is 4.98 Å². The van der Waals surface area contributed by atoms with Crippen LogP contribution in [-0.2, 0) is 6.54 Å². The molecule has 0 amide bonds. The van der Waals surface area contributed by atoms with Crippen LogP contribution in [0.25, 0.3) is 11.4 Å². The van der Waals surface area contributed by atoms with Crippen molar-refractivity contribution in [2.24, 2.45) is 17.1 Å². The highest BCUT2D eigenvalue weighted by Crippen LogP contribution is 2.43. The molecule has 0 aliphatic heterocycles. The fourth-order valence-corrected chi connectivity index (χ4v) is 3.65. The summed E-state index contributed by atoms with van der Waals surface area (Å²) in [5.74, 6) is 2.64. The largest absolute Gasteiger partial charge is 0.338 e. The van der Waals surface area contributed by atoms with Gasteiger partial charge in [0.2, 0.25) is 11.7 Å². The molecule has 4 nitrogen and oxygen atoms in total. The molecule has 0 atom stereocenters. The number of hydrogen-bond donors (Lipinski definition) is 1. The van der Waals surface area contributed by atoms with E-state index in [4.69, 9.17) is 10.3 Å². The lowest BCUT2D eigenvalue weighted by atomic mass is 9.68. The van der Waals surface area contributed by atoms with E-state index in [9.17, 15) is 0 Å². The molecule has 2 N–H and O–H groups in total. The maximum Gasteiger partial charge on any atom is 0.240 e. The van der Waals surface area contributed by atoms with E-state index < -0.39 is 0 Å². The van der Waals surface area contributed by atoms with Crippen LogP contribution in [0.5, 0.6) is 0 Å². The molecule has 1 aromatic carbocycles. The fourth-order valence-electron chi connectivity index (χ4n) is 3.65. The summed E-state index contributed by atoms with van der Waals surface area (Å²) in [5, 5.41) is 3.97. The van der Waals surface area contributed by atoms with Crippen LogP contribution in [0.3, 0.4) is 0 Å². The summed E-state index contributed by atoms with van der Waals surface area (Å²) < 4.78 is 5.07. The van der Waals surface area contributed by atoms with Crippen molar-refractivity contribution in [3.63, 3.8) is 0 Å². The number of nitrogens with two attached hydrogens (primary N) is 1. The zero-order chi connectivity index (χ0) is 16.4. The Balaban J connectivity index is 1.66. The Morgan fingerprint density at radius 2 is 1.74 bits per heavy atom. The minimum atomic E-state index is 0.280. The third-order valence-electron chi connectivity index (χ3n) is 5.23. The maximum atomic E-state index is 5.51. The third-order valence-corrected chi connectivity index (χ3v) is 5.23. The molecule has 1 aliphatic rings. The van der Waals surface area contributed by atoms with Gasteiger partial charge >= 0.3 is 0 Å². The molecule has 124 valence electrons. The molecule has 0 unspecified atom stereocenters. The predicted molar refractivity (Wildman–Crippen MR) is 91.8 cm³/mol. The molecule has 1 saturated carbocycles.